The molecular weight excluding hydrogens is 444 g/mol. The zero-order valence-electron chi connectivity index (χ0n) is 17.4. The van der Waals surface area contributed by atoms with Gasteiger partial charge in [0.25, 0.3) is 0 Å². The Kier molecular flexibility index (Phi) is 6.92. The summed E-state index contributed by atoms with van der Waals surface area (Å²) < 4.78 is 0. The van der Waals surface area contributed by atoms with Crippen molar-refractivity contribution in [2.75, 3.05) is 0 Å². The highest BCUT2D eigenvalue weighted by molar-refractivity contribution is 6.32. The van der Waals surface area contributed by atoms with Crippen LogP contribution in [0, 0.1) is 0 Å². The molecule has 0 fully saturated rings. The molecule has 0 aliphatic heterocycles. The highest BCUT2D eigenvalue weighted by Crippen LogP contribution is 2.39. The fraction of sp³-hybridized carbons (Fsp3) is 0. The Morgan fingerprint density at radius 2 is 0.676 bits per heavy atom. The second kappa shape index (κ2) is 10.0. The van der Waals surface area contributed by atoms with E-state index in [1.165, 1.54) is 43.1 Å². The van der Waals surface area contributed by atoms with E-state index in [4.69, 9.17) is 20.4 Å². The van der Waals surface area contributed by atoms with Gasteiger partial charge < -0.3 is 20.4 Å². The van der Waals surface area contributed by atoms with E-state index in [9.17, 15) is 19.2 Å². The van der Waals surface area contributed by atoms with Crippen LogP contribution in [0.5, 0.6) is 0 Å². The maximum absolute atomic E-state index is 9.32. The number of imide groups is 2. The van der Waals surface area contributed by atoms with Gasteiger partial charge in [-0.15, -0.1) is 0 Å². The molecule has 5 rings (SSSR count). The first-order chi connectivity index (χ1) is 16.2. The zero-order valence-corrected chi connectivity index (χ0v) is 17.4. The van der Waals surface area contributed by atoms with Crippen molar-refractivity contribution < 1.29 is 39.6 Å². The largest absolute Gasteiger partial charge is 0.465 e. The third-order valence-corrected chi connectivity index (χ3v) is 4.82. The Morgan fingerprint density at radius 1 is 0.441 bits per heavy atom. The van der Waals surface area contributed by atoms with Crippen LogP contribution in [0.3, 0.4) is 0 Å². The molecule has 10 heteroatoms. The van der Waals surface area contributed by atoms with Crippen LogP contribution in [0.15, 0.2) is 72.8 Å². The maximum Gasteiger partial charge on any atom is 0.414 e. The van der Waals surface area contributed by atoms with Crippen LogP contribution in [0.4, 0.5) is 19.2 Å². The number of nitrogens with one attached hydrogen (secondary N) is 2. The zero-order chi connectivity index (χ0) is 24.8. The molecule has 0 atom stereocenters. The molecule has 0 aliphatic rings. The van der Waals surface area contributed by atoms with Crippen LogP contribution in [0.25, 0.3) is 43.1 Å². The number of amides is 4. The molecule has 0 bridgehead atoms. The van der Waals surface area contributed by atoms with Gasteiger partial charge in [0.15, 0.2) is 0 Å². The summed E-state index contributed by atoms with van der Waals surface area (Å²) in [7, 11) is 0. The average Bonchev–Trinajstić information content (AvgIpc) is 2.76. The molecule has 0 aromatic heterocycles. The highest BCUT2D eigenvalue weighted by Gasteiger charge is 2.11. The fourth-order valence-electron chi connectivity index (χ4n) is 3.76. The molecule has 6 N–H and O–H groups in total. The Balaban J connectivity index is 0.000000194. The molecule has 0 heterocycles. The minimum atomic E-state index is -1.56. The van der Waals surface area contributed by atoms with E-state index >= 15 is 0 Å². The summed E-state index contributed by atoms with van der Waals surface area (Å²) in [5.41, 5.74) is 0. The van der Waals surface area contributed by atoms with E-state index in [1.807, 2.05) is 0 Å². The topological polar surface area (TPSA) is 173 Å². The Labute approximate surface area is 191 Å². The van der Waals surface area contributed by atoms with Gasteiger partial charge >= 0.3 is 24.4 Å². The summed E-state index contributed by atoms with van der Waals surface area (Å²) in [6.07, 6.45) is -6.25. The van der Waals surface area contributed by atoms with Crippen LogP contribution in [-0.4, -0.2) is 44.8 Å². The normalized spacial score (nSPS) is 10.1. The molecule has 0 radical (unpaired) electrons. The maximum atomic E-state index is 9.32. The van der Waals surface area contributed by atoms with Crippen molar-refractivity contribution in [3.63, 3.8) is 0 Å². The van der Waals surface area contributed by atoms with Gasteiger partial charge in [-0.1, -0.05) is 72.8 Å². The monoisotopic (exact) mass is 462 g/mol. The Bertz CT molecular complexity index is 1310. The second-order valence-electron chi connectivity index (χ2n) is 6.89. The summed E-state index contributed by atoms with van der Waals surface area (Å²) in [6, 6.07) is 26.4. The summed E-state index contributed by atoms with van der Waals surface area (Å²) in [4.78, 5) is 37.3. The van der Waals surface area contributed by atoms with E-state index in [0.29, 0.717) is 0 Å². The Hall–Kier alpha value is -5.12. The van der Waals surface area contributed by atoms with Crippen LogP contribution < -0.4 is 10.6 Å². The lowest BCUT2D eigenvalue weighted by Gasteiger charge is -2.13. The van der Waals surface area contributed by atoms with Gasteiger partial charge in [-0.25, -0.2) is 29.8 Å². The molecule has 0 spiro atoms. The second-order valence-corrected chi connectivity index (χ2v) is 6.89. The fourth-order valence-corrected chi connectivity index (χ4v) is 3.76. The van der Waals surface area contributed by atoms with Gasteiger partial charge in [-0.05, 0) is 43.1 Å². The van der Waals surface area contributed by atoms with E-state index in [0.717, 1.165) is 10.6 Å². The average molecular weight is 462 g/mol. The van der Waals surface area contributed by atoms with Gasteiger partial charge in [0.05, 0.1) is 0 Å². The van der Waals surface area contributed by atoms with E-state index < -0.39 is 24.4 Å². The molecule has 10 nitrogen and oxygen atoms in total. The number of rotatable bonds is 0. The van der Waals surface area contributed by atoms with E-state index in [-0.39, 0.29) is 0 Å². The van der Waals surface area contributed by atoms with Crippen LogP contribution in [0.2, 0.25) is 0 Å². The first-order valence-electron chi connectivity index (χ1n) is 9.69. The number of carbonyl (C=O) groups is 4. The van der Waals surface area contributed by atoms with E-state index in [1.54, 1.807) is 0 Å². The van der Waals surface area contributed by atoms with Crippen molar-refractivity contribution in [2.45, 2.75) is 0 Å². The number of hydrogen-bond donors (Lipinski definition) is 6. The Morgan fingerprint density at radius 3 is 0.853 bits per heavy atom. The minimum Gasteiger partial charge on any atom is -0.465 e. The molecule has 34 heavy (non-hydrogen) atoms. The van der Waals surface area contributed by atoms with Crippen molar-refractivity contribution in [1.29, 1.82) is 0 Å². The summed E-state index contributed by atoms with van der Waals surface area (Å²) in [5.74, 6) is 0. The molecule has 0 aliphatic carbocycles. The summed E-state index contributed by atoms with van der Waals surface area (Å²) >= 11 is 0. The minimum absolute atomic E-state index is 1.14. The first-order valence-corrected chi connectivity index (χ1v) is 9.69. The van der Waals surface area contributed by atoms with Crippen LogP contribution >= 0.6 is 0 Å². The van der Waals surface area contributed by atoms with Gasteiger partial charge in [0.1, 0.15) is 0 Å². The molecule has 0 saturated heterocycles. The van der Waals surface area contributed by atoms with Gasteiger partial charge in [-0.2, -0.15) is 0 Å². The molecule has 172 valence electrons. The first kappa shape index (κ1) is 23.5. The van der Waals surface area contributed by atoms with Crippen molar-refractivity contribution in [1.82, 2.24) is 10.6 Å². The summed E-state index contributed by atoms with van der Waals surface area (Å²) in [6.45, 7) is 0. The molecule has 0 unspecified atom stereocenters. The molecule has 5 aromatic carbocycles. The van der Waals surface area contributed by atoms with Crippen molar-refractivity contribution in [2.24, 2.45) is 0 Å². The van der Waals surface area contributed by atoms with Crippen LogP contribution in [-0.2, 0) is 0 Å². The lowest BCUT2D eigenvalue weighted by Crippen LogP contribution is -2.26. The number of fused-ring (bicyclic) bond motifs is 2. The number of carboxylic acid groups (broad SMARTS) is 4. The smallest absolute Gasteiger partial charge is 0.414 e. The van der Waals surface area contributed by atoms with Crippen molar-refractivity contribution >= 4 is 67.5 Å². The quantitative estimate of drug-likeness (QED) is 0.127. The van der Waals surface area contributed by atoms with Crippen LogP contribution in [0.1, 0.15) is 0 Å². The third-order valence-electron chi connectivity index (χ3n) is 4.82. The third kappa shape index (κ3) is 5.19. The van der Waals surface area contributed by atoms with Gasteiger partial charge in [0.2, 0.25) is 0 Å². The molecular formula is C24H18N2O8. The predicted octanol–water partition coefficient (Wildman–Crippen LogP) is 5.60. The lowest BCUT2D eigenvalue weighted by atomic mass is 9.90. The van der Waals surface area contributed by atoms with Crippen molar-refractivity contribution in [3.8, 4) is 0 Å². The summed E-state index contributed by atoms with van der Waals surface area (Å²) in [5, 5.41) is 43.5. The molecule has 5 aromatic rings. The molecule has 0 saturated carbocycles. The standard InChI is InChI=1S/C20H12.2C2H3NO4/c1-5-13-6-2-11-17-18-12-4-8-14-7-3-10-16(20(14)18)15(9-1)19(13)17;2*4-1(5)3-2(6)7/h1-12H;2*3H,(H,4,5)(H,6,7). The van der Waals surface area contributed by atoms with Gasteiger partial charge in [-0.3, -0.25) is 0 Å². The van der Waals surface area contributed by atoms with Crippen molar-refractivity contribution in [3.05, 3.63) is 72.8 Å². The van der Waals surface area contributed by atoms with Gasteiger partial charge in [0, 0.05) is 0 Å². The lowest BCUT2D eigenvalue weighted by molar-refractivity contribution is 0.172. The highest BCUT2D eigenvalue weighted by atomic mass is 16.4. The number of hydrogen-bond acceptors (Lipinski definition) is 4. The van der Waals surface area contributed by atoms with E-state index in [2.05, 4.69) is 72.8 Å². The predicted molar refractivity (Wildman–Crippen MR) is 126 cm³/mol. The number of benzene rings is 5. The SMILES string of the molecule is O=C(O)NC(=O)O.O=C(O)NC(=O)O.c1cc2cccc3c4cccc5cccc(c(c1)c23)c54. The molecule has 4 amide bonds.